The first-order valence-corrected chi connectivity index (χ1v) is 8.28. The van der Waals surface area contributed by atoms with E-state index in [4.69, 9.17) is 10.00 Å². The van der Waals surface area contributed by atoms with Gasteiger partial charge in [-0.25, -0.2) is 0 Å². The number of nitrogens with one attached hydrogen (secondary N) is 1. The van der Waals surface area contributed by atoms with E-state index in [9.17, 15) is 4.79 Å². The first-order chi connectivity index (χ1) is 10.2. The fourth-order valence-corrected chi connectivity index (χ4v) is 3.53. The molecule has 0 bridgehead atoms. The molecule has 0 saturated carbocycles. The van der Waals surface area contributed by atoms with E-state index < -0.39 is 0 Å². The largest absolute Gasteiger partial charge is 0.377 e. The number of nitrogens with zero attached hydrogens (tertiary/aromatic N) is 1. The molecule has 0 aliphatic carbocycles. The van der Waals surface area contributed by atoms with Gasteiger partial charge in [-0.3, -0.25) is 4.79 Å². The summed E-state index contributed by atoms with van der Waals surface area (Å²) in [6, 6.07) is 9.13. The van der Waals surface area contributed by atoms with Crippen molar-refractivity contribution in [3.8, 4) is 6.07 Å². The van der Waals surface area contributed by atoms with Crippen LogP contribution in [0.25, 0.3) is 0 Å². The van der Waals surface area contributed by atoms with E-state index in [1.807, 2.05) is 17.8 Å². The molecule has 112 valence electrons. The summed E-state index contributed by atoms with van der Waals surface area (Å²) >= 11 is 1.89. The highest BCUT2D eigenvalue weighted by Crippen LogP contribution is 2.26. The number of ether oxygens (including phenoxy) is 1. The highest BCUT2D eigenvalue weighted by molar-refractivity contribution is 7.99. The maximum atomic E-state index is 11.9. The molecule has 1 aliphatic rings. The fraction of sp³-hybridized carbons (Fsp3) is 0.500. The molecule has 2 rings (SSSR count). The lowest BCUT2D eigenvalue weighted by Gasteiger charge is -2.13. The van der Waals surface area contributed by atoms with Crippen LogP contribution < -0.4 is 5.32 Å². The number of hydrogen-bond acceptors (Lipinski definition) is 4. The number of carbonyl (C=O) groups excluding carboxylic acids is 1. The molecular formula is C16H20N2O2S. The van der Waals surface area contributed by atoms with Crippen molar-refractivity contribution in [1.29, 1.82) is 5.26 Å². The van der Waals surface area contributed by atoms with Gasteiger partial charge in [-0.15, -0.1) is 0 Å². The average molecular weight is 304 g/mol. The number of amides is 1. The van der Waals surface area contributed by atoms with Crippen molar-refractivity contribution in [2.75, 3.05) is 17.7 Å². The molecule has 0 radical (unpaired) electrons. The van der Waals surface area contributed by atoms with Crippen LogP contribution in [-0.2, 0) is 9.53 Å². The first kappa shape index (κ1) is 15.9. The zero-order valence-electron chi connectivity index (χ0n) is 12.2. The Bertz CT molecular complexity index is 527. The van der Waals surface area contributed by atoms with Gasteiger partial charge in [-0.1, -0.05) is 12.1 Å². The average Bonchev–Trinajstić information content (AvgIpc) is 2.89. The van der Waals surface area contributed by atoms with Crippen LogP contribution in [0.3, 0.4) is 0 Å². The summed E-state index contributed by atoms with van der Waals surface area (Å²) in [6.07, 6.45) is 2.75. The van der Waals surface area contributed by atoms with E-state index in [1.165, 1.54) is 0 Å². The molecule has 2 unspecified atom stereocenters. The van der Waals surface area contributed by atoms with Gasteiger partial charge >= 0.3 is 0 Å². The highest BCUT2D eigenvalue weighted by atomic mass is 32.2. The van der Waals surface area contributed by atoms with Crippen LogP contribution in [0.15, 0.2) is 24.3 Å². The summed E-state index contributed by atoms with van der Waals surface area (Å²) in [6.45, 7) is 2.96. The molecule has 0 aromatic heterocycles. The molecular weight excluding hydrogens is 284 g/mol. The Morgan fingerprint density at radius 3 is 3.05 bits per heavy atom. The number of nitriles is 1. The van der Waals surface area contributed by atoms with Gasteiger partial charge in [0.2, 0.25) is 5.91 Å². The summed E-state index contributed by atoms with van der Waals surface area (Å²) in [5.74, 6) is 0.931. The van der Waals surface area contributed by atoms with Crippen molar-refractivity contribution in [1.82, 2.24) is 0 Å². The van der Waals surface area contributed by atoms with Gasteiger partial charge in [0.15, 0.2) is 0 Å². The standard InChI is InChI=1S/C16H20N2O2S/c1-12-15(8-9-20-12)21-10-4-7-16(19)18-14-6-3-2-5-13(14)11-17/h2-3,5-6,12,15H,4,7-10H2,1H3,(H,18,19). The monoisotopic (exact) mass is 304 g/mol. The second kappa shape index (κ2) is 8.06. The molecule has 1 N–H and O–H groups in total. The van der Waals surface area contributed by atoms with Crippen LogP contribution in [0.4, 0.5) is 5.69 Å². The van der Waals surface area contributed by atoms with Gasteiger partial charge in [-0.2, -0.15) is 17.0 Å². The highest BCUT2D eigenvalue weighted by Gasteiger charge is 2.24. The molecule has 1 fully saturated rings. The van der Waals surface area contributed by atoms with E-state index in [2.05, 4.69) is 18.3 Å². The molecule has 1 aliphatic heterocycles. The van der Waals surface area contributed by atoms with Crippen molar-refractivity contribution in [2.24, 2.45) is 0 Å². The van der Waals surface area contributed by atoms with Crippen LogP contribution in [0, 0.1) is 11.3 Å². The Morgan fingerprint density at radius 2 is 2.33 bits per heavy atom. The van der Waals surface area contributed by atoms with Gasteiger partial charge in [0.05, 0.1) is 17.4 Å². The zero-order valence-corrected chi connectivity index (χ0v) is 13.0. The van der Waals surface area contributed by atoms with Crippen molar-refractivity contribution < 1.29 is 9.53 Å². The van der Waals surface area contributed by atoms with Crippen molar-refractivity contribution >= 4 is 23.4 Å². The lowest BCUT2D eigenvalue weighted by atomic mass is 10.2. The predicted octanol–water partition coefficient (Wildman–Crippen LogP) is 3.19. The Hall–Kier alpha value is -1.51. The molecule has 0 spiro atoms. The smallest absolute Gasteiger partial charge is 0.224 e. The second-order valence-corrected chi connectivity index (χ2v) is 6.43. The minimum Gasteiger partial charge on any atom is -0.377 e. The summed E-state index contributed by atoms with van der Waals surface area (Å²) < 4.78 is 5.52. The second-order valence-electron chi connectivity index (χ2n) is 5.08. The number of para-hydroxylation sites is 1. The molecule has 1 aromatic rings. The van der Waals surface area contributed by atoms with Crippen LogP contribution in [0.5, 0.6) is 0 Å². The van der Waals surface area contributed by atoms with E-state index in [-0.39, 0.29) is 5.91 Å². The number of benzene rings is 1. The third-order valence-corrected chi connectivity index (χ3v) is 5.08. The summed E-state index contributed by atoms with van der Waals surface area (Å²) in [5, 5.41) is 12.3. The zero-order chi connectivity index (χ0) is 15.1. The maximum Gasteiger partial charge on any atom is 0.224 e. The molecule has 1 amide bonds. The number of carbonyl (C=O) groups is 1. The minimum atomic E-state index is -0.0333. The maximum absolute atomic E-state index is 11.9. The Labute approximate surface area is 129 Å². The Morgan fingerprint density at radius 1 is 1.52 bits per heavy atom. The molecule has 5 heteroatoms. The molecule has 21 heavy (non-hydrogen) atoms. The van der Waals surface area contributed by atoms with Crippen LogP contribution in [0.1, 0.15) is 31.7 Å². The topological polar surface area (TPSA) is 62.1 Å². The van der Waals surface area contributed by atoms with E-state index >= 15 is 0 Å². The quantitative estimate of drug-likeness (QED) is 0.820. The van der Waals surface area contributed by atoms with Gasteiger partial charge in [0.25, 0.3) is 0 Å². The number of hydrogen-bond donors (Lipinski definition) is 1. The van der Waals surface area contributed by atoms with E-state index in [0.717, 1.165) is 25.2 Å². The molecule has 1 heterocycles. The first-order valence-electron chi connectivity index (χ1n) is 7.23. The normalized spacial score (nSPS) is 21.0. The lowest BCUT2D eigenvalue weighted by molar-refractivity contribution is -0.116. The van der Waals surface area contributed by atoms with E-state index in [0.29, 0.717) is 29.0 Å². The van der Waals surface area contributed by atoms with Crippen LogP contribution in [-0.4, -0.2) is 29.6 Å². The Kier molecular flexibility index (Phi) is 6.09. The van der Waals surface area contributed by atoms with Crippen molar-refractivity contribution in [2.45, 2.75) is 37.5 Å². The Balaban J connectivity index is 1.69. The number of anilines is 1. The summed E-state index contributed by atoms with van der Waals surface area (Å²) in [7, 11) is 0. The molecule has 2 atom stereocenters. The predicted molar refractivity (Wildman–Crippen MR) is 85.3 cm³/mol. The third-order valence-electron chi connectivity index (χ3n) is 3.51. The SMILES string of the molecule is CC1OCCC1SCCCC(=O)Nc1ccccc1C#N. The molecule has 1 aromatic carbocycles. The number of thioether (sulfide) groups is 1. The van der Waals surface area contributed by atoms with Gasteiger partial charge in [-0.05, 0) is 37.7 Å². The van der Waals surface area contributed by atoms with Crippen LogP contribution in [0.2, 0.25) is 0 Å². The van der Waals surface area contributed by atoms with Gasteiger partial charge in [0, 0.05) is 18.3 Å². The van der Waals surface area contributed by atoms with Crippen LogP contribution >= 0.6 is 11.8 Å². The molecule has 1 saturated heterocycles. The van der Waals surface area contributed by atoms with Crippen molar-refractivity contribution in [3.63, 3.8) is 0 Å². The van der Waals surface area contributed by atoms with Gasteiger partial charge < -0.3 is 10.1 Å². The molecule has 4 nitrogen and oxygen atoms in total. The van der Waals surface area contributed by atoms with Crippen molar-refractivity contribution in [3.05, 3.63) is 29.8 Å². The lowest BCUT2D eigenvalue weighted by Crippen LogP contribution is -2.15. The minimum absolute atomic E-state index is 0.0333. The fourth-order valence-electron chi connectivity index (χ4n) is 2.30. The van der Waals surface area contributed by atoms with E-state index in [1.54, 1.807) is 18.2 Å². The number of rotatable bonds is 6. The summed E-state index contributed by atoms with van der Waals surface area (Å²) in [5.41, 5.74) is 1.09. The third kappa shape index (κ3) is 4.76. The van der Waals surface area contributed by atoms with Gasteiger partial charge in [0.1, 0.15) is 6.07 Å². The summed E-state index contributed by atoms with van der Waals surface area (Å²) in [4.78, 5) is 11.9.